The highest BCUT2D eigenvalue weighted by atomic mass is 15.3. The third-order valence-corrected chi connectivity index (χ3v) is 13.1. The Morgan fingerprint density at radius 2 is 0.780 bits per heavy atom. The average Bonchev–Trinajstić information content (AvgIpc) is 4.02. The molecule has 1 aliphatic rings. The summed E-state index contributed by atoms with van der Waals surface area (Å²) in [6.07, 6.45) is 0. The van der Waals surface area contributed by atoms with E-state index in [1.807, 2.05) is 0 Å². The summed E-state index contributed by atoms with van der Waals surface area (Å²) >= 11 is 0. The number of fused-ring (bicyclic) bond motifs is 13. The minimum atomic E-state index is -0.305. The molecule has 0 aliphatic carbocycles. The lowest BCUT2D eigenvalue weighted by Gasteiger charge is -2.40. The summed E-state index contributed by atoms with van der Waals surface area (Å²) in [6.45, 7) is 4.62. The maximum Gasteiger partial charge on any atom is 0.211 e. The number of nitrogens with zero attached hydrogens (tertiary/aromatic N) is 6. The van der Waals surface area contributed by atoms with Gasteiger partial charge in [-0.3, -0.25) is 0 Å². The van der Waals surface area contributed by atoms with Crippen LogP contribution in [0.15, 0.2) is 176 Å². The van der Waals surface area contributed by atoms with Crippen molar-refractivity contribution in [3.8, 4) is 17.1 Å². The zero-order chi connectivity index (χ0) is 39.1. The van der Waals surface area contributed by atoms with Gasteiger partial charge in [0.25, 0.3) is 0 Å². The van der Waals surface area contributed by atoms with Gasteiger partial charge in [0.2, 0.25) is 5.95 Å². The van der Waals surface area contributed by atoms with Gasteiger partial charge in [-0.25, -0.2) is 4.98 Å². The lowest BCUT2D eigenvalue weighted by Crippen LogP contribution is -2.37. The number of para-hydroxylation sites is 6. The highest BCUT2D eigenvalue weighted by Gasteiger charge is 2.37. The first kappa shape index (κ1) is 32.5. The Kier molecular flexibility index (Phi) is 6.35. The smallest absolute Gasteiger partial charge is 0.211 e. The maximum absolute atomic E-state index is 5.15. The van der Waals surface area contributed by atoms with Gasteiger partial charge >= 0.3 is 0 Å². The molecule has 0 amide bonds. The molecule has 0 spiro atoms. The quantitative estimate of drug-likeness (QED) is 0.180. The Labute approximate surface area is 340 Å². The topological polar surface area (TPSA) is 35.9 Å². The van der Waals surface area contributed by atoms with Crippen LogP contribution < -0.4 is 4.90 Å². The molecule has 0 bridgehead atoms. The molecule has 280 valence electrons. The highest BCUT2D eigenvalue weighted by molar-refractivity contribution is 6.14. The van der Waals surface area contributed by atoms with Crippen molar-refractivity contribution in [2.75, 3.05) is 11.9 Å². The van der Waals surface area contributed by atoms with Crippen LogP contribution >= 0.6 is 0 Å². The van der Waals surface area contributed by atoms with Crippen molar-refractivity contribution in [2.24, 2.45) is 0 Å². The number of hydrogen-bond acceptors (Lipinski definition) is 2. The Morgan fingerprint density at radius 1 is 0.390 bits per heavy atom. The highest BCUT2D eigenvalue weighted by Crippen LogP contribution is 2.47. The Balaban J connectivity index is 1.08. The van der Waals surface area contributed by atoms with Crippen LogP contribution in [0, 0.1) is 0 Å². The van der Waals surface area contributed by atoms with E-state index in [-0.39, 0.29) is 5.54 Å². The molecular formula is C53H38N6. The molecular weight excluding hydrogens is 721 g/mol. The van der Waals surface area contributed by atoms with Crippen LogP contribution in [-0.2, 0) is 5.54 Å². The van der Waals surface area contributed by atoms with E-state index in [9.17, 15) is 0 Å². The summed E-state index contributed by atoms with van der Waals surface area (Å²) in [4.78, 5) is 7.42. The van der Waals surface area contributed by atoms with Crippen LogP contribution in [0.5, 0.6) is 0 Å². The van der Waals surface area contributed by atoms with Gasteiger partial charge in [0.15, 0.2) is 0 Å². The monoisotopic (exact) mass is 758 g/mol. The van der Waals surface area contributed by atoms with Gasteiger partial charge in [0.05, 0.1) is 55.4 Å². The second kappa shape index (κ2) is 11.5. The summed E-state index contributed by atoms with van der Waals surface area (Å²) in [5, 5.41) is 7.44. The number of imidazole rings is 1. The Bertz CT molecular complexity index is 3460. The molecule has 0 saturated heterocycles. The van der Waals surface area contributed by atoms with Crippen molar-refractivity contribution in [1.82, 2.24) is 23.3 Å². The van der Waals surface area contributed by atoms with Crippen molar-refractivity contribution in [1.29, 1.82) is 0 Å². The first-order chi connectivity index (χ1) is 29.0. The fraction of sp³-hybridized carbons (Fsp3) is 0.0755. The zero-order valence-electron chi connectivity index (χ0n) is 32.9. The van der Waals surface area contributed by atoms with Crippen molar-refractivity contribution < 1.29 is 0 Å². The number of rotatable bonds is 3. The summed E-state index contributed by atoms with van der Waals surface area (Å²) in [5.74, 6) is 0.953. The van der Waals surface area contributed by atoms with Gasteiger partial charge in [-0.1, -0.05) is 91.0 Å². The van der Waals surface area contributed by atoms with Crippen LogP contribution in [0.4, 0.5) is 11.6 Å². The van der Waals surface area contributed by atoms with Crippen molar-refractivity contribution in [2.45, 2.75) is 19.4 Å². The molecule has 0 N–H and O–H groups in total. The van der Waals surface area contributed by atoms with E-state index in [0.29, 0.717) is 0 Å². The lowest BCUT2D eigenvalue weighted by molar-refractivity contribution is 0.440. The molecule has 0 radical (unpaired) electrons. The van der Waals surface area contributed by atoms with Gasteiger partial charge in [-0.05, 0) is 98.8 Å². The van der Waals surface area contributed by atoms with Crippen LogP contribution in [0.1, 0.15) is 19.4 Å². The molecule has 1 aliphatic heterocycles. The second-order valence-corrected chi connectivity index (χ2v) is 16.5. The molecule has 0 atom stereocenters. The van der Waals surface area contributed by atoms with E-state index >= 15 is 0 Å². The molecule has 6 nitrogen and oxygen atoms in total. The molecule has 6 heteroatoms. The van der Waals surface area contributed by atoms with Gasteiger partial charge in [-0.15, -0.1) is 0 Å². The Morgan fingerprint density at radius 3 is 1.27 bits per heavy atom. The normalized spacial score (nSPS) is 13.8. The standard InChI is InChI=1S/C53H38N6/c1-53(2)42-27-24-35(32-51(42)55(3)52-54-43-18-8-13-23-50(43)59(52)53)58-48-28-25-33(56-44-19-9-4-14-36(44)37-15-5-10-20-45(37)56)30-40(48)41-31-34(26-29-49(41)58)57-46-21-11-6-16-38(46)39-17-7-12-22-47(39)57/h4-32H,1-3H3. The van der Waals surface area contributed by atoms with Crippen molar-refractivity contribution >= 4 is 88.1 Å². The average molecular weight is 759 g/mol. The van der Waals surface area contributed by atoms with E-state index in [1.54, 1.807) is 0 Å². The number of hydrogen-bond donors (Lipinski definition) is 0. The number of anilines is 2. The zero-order valence-corrected chi connectivity index (χ0v) is 32.9. The molecule has 0 saturated carbocycles. The molecule has 8 aromatic carbocycles. The molecule has 12 aromatic rings. The third kappa shape index (κ3) is 4.27. The summed E-state index contributed by atoms with van der Waals surface area (Å²) < 4.78 is 9.68. The second-order valence-electron chi connectivity index (χ2n) is 16.5. The number of aromatic nitrogens is 5. The predicted octanol–water partition coefficient (Wildman–Crippen LogP) is 13.2. The third-order valence-electron chi connectivity index (χ3n) is 13.1. The van der Waals surface area contributed by atoms with E-state index in [1.165, 1.54) is 59.9 Å². The predicted molar refractivity (Wildman–Crippen MR) is 246 cm³/mol. The summed E-state index contributed by atoms with van der Waals surface area (Å²) in [7, 11) is 2.15. The first-order valence-corrected chi connectivity index (χ1v) is 20.4. The first-order valence-electron chi connectivity index (χ1n) is 20.4. The SMILES string of the molecule is CN1c2cc(-n3c4ccc(-n5c6ccccc6c6ccccc65)cc4c4cc(-n5c6ccccc6c6ccccc65)ccc43)ccc2C(C)(C)n2c1nc1ccccc12. The van der Waals surface area contributed by atoms with E-state index < -0.39 is 0 Å². The fourth-order valence-electron chi connectivity index (χ4n) is 10.4. The molecule has 0 fully saturated rings. The minimum absolute atomic E-state index is 0.305. The van der Waals surface area contributed by atoms with E-state index in [2.05, 4.69) is 220 Å². The molecule has 59 heavy (non-hydrogen) atoms. The van der Waals surface area contributed by atoms with Gasteiger partial charge in [0.1, 0.15) is 0 Å². The van der Waals surface area contributed by atoms with E-state index in [0.717, 1.165) is 50.8 Å². The maximum atomic E-state index is 5.15. The fourth-order valence-corrected chi connectivity index (χ4v) is 10.4. The van der Waals surface area contributed by atoms with Crippen LogP contribution in [0.3, 0.4) is 0 Å². The lowest BCUT2D eigenvalue weighted by atomic mass is 9.89. The molecule has 5 heterocycles. The molecule has 4 aromatic heterocycles. The largest absolute Gasteiger partial charge is 0.315 e. The van der Waals surface area contributed by atoms with Crippen LogP contribution in [0.25, 0.3) is 93.5 Å². The van der Waals surface area contributed by atoms with Crippen LogP contribution in [0.2, 0.25) is 0 Å². The van der Waals surface area contributed by atoms with Gasteiger partial charge in [0, 0.05) is 62.0 Å². The van der Waals surface area contributed by atoms with Crippen LogP contribution in [-0.4, -0.2) is 30.3 Å². The molecule has 13 rings (SSSR count). The summed E-state index contributed by atoms with van der Waals surface area (Å²) in [5.41, 5.74) is 14.8. The molecule has 0 unspecified atom stereocenters. The van der Waals surface area contributed by atoms with Gasteiger partial charge < -0.3 is 23.2 Å². The Hall–Kier alpha value is -7.57. The number of benzene rings is 8. The summed E-state index contributed by atoms with van der Waals surface area (Å²) in [6, 6.07) is 64.5. The van der Waals surface area contributed by atoms with Crippen molar-refractivity contribution in [3.63, 3.8) is 0 Å². The minimum Gasteiger partial charge on any atom is -0.315 e. The van der Waals surface area contributed by atoms with Gasteiger partial charge in [-0.2, -0.15) is 0 Å². The van der Waals surface area contributed by atoms with E-state index in [4.69, 9.17) is 4.98 Å². The van der Waals surface area contributed by atoms with Crippen molar-refractivity contribution in [3.05, 3.63) is 181 Å².